The molecule has 1 fully saturated rings. The molecule has 0 aromatic rings. The highest BCUT2D eigenvalue weighted by molar-refractivity contribution is 5.35. The third kappa shape index (κ3) is 1.41. The molecular weight excluding hydrogens is 112 g/mol. The summed E-state index contributed by atoms with van der Waals surface area (Å²) in [5.74, 6) is 0. The molecular formula is C7H8N2. The van der Waals surface area contributed by atoms with Gasteiger partial charge in [-0.05, 0) is 11.6 Å². The number of nitrogens with one attached hydrogen (secondary N) is 1. The number of hydrogen-bond acceptors (Lipinski definition) is 2. The van der Waals surface area contributed by atoms with Crippen molar-refractivity contribution in [2.45, 2.75) is 0 Å². The Kier molecular flexibility index (Phi) is 1.66. The van der Waals surface area contributed by atoms with Crippen LogP contribution in [0.4, 0.5) is 0 Å². The zero-order valence-corrected chi connectivity index (χ0v) is 5.15. The van der Waals surface area contributed by atoms with Gasteiger partial charge >= 0.3 is 0 Å². The zero-order chi connectivity index (χ0) is 6.69. The van der Waals surface area contributed by atoms with Crippen LogP contribution in [-0.4, -0.2) is 13.1 Å². The Bertz CT molecular complexity index is 189. The van der Waals surface area contributed by atoms with Crippen LogP contribution in [0.15, 0.2) is 23.8 Å². The van der Waals surface area contributed by atoms with Gasteiger partial charge in [-0.25, -0.2) is 0 Å². The van der Waals surface area contributed by atoms with Gasteiger partial charge in [-0.2, -0.15) is 5.26 Å². The lowest BCUT2D eigenvalue weighted by atomic mass is 10.1. The molecule has 0 spiro atoms. The van der Waals surface area contributed by atoms with Crippen molar-refractivity contribution in [3.8, 4) is 6.07 Å². The maximum atomic E-state index is 8.29. The molecule has 1 heterocycles. The van der Waals surface area contributed by atoms with Gasteiger partial charge in [-0.3, -0.25) is 0 Å². The van der Waals surface area contributed by atoms with Gasteiger partial charge in [0.2, 0.25) is 0 Å². The first-order chi connectivity index (χ1) is 4.33. The molecule has 1 rings (SSSR count). The van der Waals surface area contributed by atoms with Gasteiger partial charge in [0.05, 0.1) is 6.07 Å². The van der Waals surface area contributed by atoms with Crippen molar-refractivity contribution in [1.82, 2.24) is 5.32 Å². The van der Waals surface area contributed by atoms with E-state index >= 15 is 0 Å². The van der Waals surface area contributed by atoms with Crippen molar-refractivity contribution in [1.29, 1.82) is 5.26 Å². The van der Waals surface area contributed by atoms with Gasteiger partial charge in [0.25, 0.3) is 0 Å². The number of nitrogens with zero attached hydrogens (tertiary/aromatic N) is 1. The van der Waals surface area contributed by atoms with Crippen molar-refractivity contribution in [2.75, 3.05) is 13.1 Å². The molecule has 1 N–H and O–H groups in total. The fraction of sp³-hybridized carbons (Fsp3) is 0.286. The average Bonchev–Trinajstić information content (AvgIpc) is 1.78. The second-order valence-electron chi connectivity index (χ2n) is 2.04. The summed E-state index contributed by atoms with van der Waals surface area (Å²) in [5, 5.41) is 11.4. The third-order valence-electron chi connectivity index (χ3n) is 1.23. The van der Waals surface area contributed by atoms with E-state index in [0.717, 1.165) is 13.1 Å². The van der Waals surface area contributed by atoms with Crippen LogP contribution < -0.4 is 5.32 Å². The van der Waals surface area contributed by atoms with Crippen molar-refractivity contribution >= 4 is 0 Å². The van der Waals surface area contributed by atoms with E-state index in [2.05, 4.69) is 11.9 Å². The minimum Gasteiger partial charge on any atom is -0.309 e. The first kappa shape index (κ1) is 6.06. The van der Waals surface area contributed by atoms with E-state index in [1.165, 1.54) is 5.57 Å². The number of allylic oxidation sites excluding steroid dienone is 2. The van der Waals surface area contributed by atoms with Crippen LogP contribution in [0.5, 0.6) is 0 Å². The van der Waals surface area contributed by atoms with E-state index in [9.17, 15) is 0 Å². The van der Waals surface area contributed by atoms with Gasteiger partial charge in [0, 0.05) is 18.7 Å². The summed E-state index contributed by atoms with van der Waals surface area (Å²) >= 11 is 0. The molecule has 1 saturated heterocycles. The molecule has 0 aromatic heterocycles. The predicted octanol–water partition coefficient (Wildman–Crippen LogP) is 0.596. The summed E-state index contributed by atoms with van der Waals surface area (Å²) in [7, 11) is 0. The topological polar surface area (TPSA) is 35.8 Å². The summed E-state index contributed by atoms with van der Waals surface area (Å²) in [6.45, 7) is 5.36. The molecule has 2 nitrogen and oxygen atoms in total. The highest BCUT2D eigenvalue weighted by atomic mass is 14.9. The van der Waals surface area contributed by atoms with Crippen molar-refractivity contribution in [3.05, 3.63) is 23.8 Å². The molecule has 9 heavy (non-hydrogen) atoms. The normalized spacial score (nSPS) is 15.7. The second-order valence-corrected chi connectivity index (χ2v) is 2.04. The van der Waals surface area contributed by atoms with Gasteiger partial charge in [0.1, 0.15) is 0 Å². The highest BCUT2D eigenvalue weighted by Gasteiger charge is 2.05. The van der Waals surface area contributed by atoms with Crippen molar-refractivity contribution < 1.29 is 0 Å². The molecule has 0 unspecified atom stereocenters. The number of nitriles is 1. The molecule has 0 aromatic carbocycles. The summed E-state index contributed by atoms with van der Waals surface area (Å²) in [6.07, 6.45) is 1.83. The molecule has 0 atom stereocenters. The molecule has 0 amide bonds. The van der Waals surface area contributed by atoms with Crippen molar-refractivity contribution in [2.24, 2.45) is 0 Å². The molecule has 1 aliphatic rings. The van der Waals surface area contributed by atoms with Crippen LogP contribution in [-0.2, 0) is 0 Å². The van der Waals surface area contributed by atoms with Gasteiger partial charge < -0.3 is 5.32 Å². The number of rotatable bonds is 1. The molecule has 0 radical (unpaired) electrons. The molecule has 46 valence electrons. The van der Waals surface area contributed by atoms with E-state index in [-0.39, 0.29) is 0 Å². The lowest BCUT2D eigenvalue weighted by Crippen LogP contribution is -2.33. The zero-order valence-electron chi connectivity index (χ0n) is 5.15. The molecule has 0 bridgehead atoms. The average molecular weight is 120 g/mol. The minimum absolute atomic E-state index is 0.548. The van der Waals surface area contributed by atoms with E-state index < -0.39 is 0 Å². The largest absolute Gasteiger partial charge is 0.309 e. The van der Waals surface area contributed by atoms with Crippen LogP contribution in [0, 0.1) is 11.3 Å². The highest BCUT2D eigenvalue weighted by Crippen LogP contribution is 2.03. The molecule has 1 aliphatic heterocycles. The van der Waals surface area contributed by atoms with E-state index in [0.29, 0.717) is 5.57 Å². The first-order valence-electron chi connectivity index (χ1n) is 2.82. The van der Waals surface area contributed by atoms with Gasteiger partial charge in [0.15, 0.2) is 0 Å². The molecule has 0 aliphatic carbocycles. The van der Waals surface area contributed by atoms with Crippen LogP contribution in [0.2, 0.25) is 0 Å². The van der Waals surface area contributed by atoms with Crippen LogP contribution in [0.1, 0.15) is 0 Å². The van der Waals surface area contributed by atoms with Crippen LogP contribution in [0.3, 0.4) is 0 Å². The van der Waals surface area contributed by atoms with E-state index in [1.54, 1.807) is 0 Å². The Hall–Kier alpha value is -1.07. The lowest BCUT2D eigenvalue weighted by molar-refractivity contribution is 0.668. The maximum absolute atomic E-state index is 8.29. The van der Waals surface area contributed by atoms with E-state index in [1.807, 2.05) is 12.1 Å². The molecule has 0 saturated carbocycles. The Morgan fingerprint density at radius 1 is 1.78 bits per heavy atom. The maximum Gasteiger partial charge on any atom is 0.0985 e. The quantitative estimate of drug-likeness (QED) is 0.514. The monoisotopic (exact) mass is 120 g/mol. The van der Waals surface area contributed by atoms with Crippen LogP contribution >= 0.6 is 0 Å². The Morgan fingerprint density at radius 3 is 2.78 bits per heavy atom. The summed E-state index contributed by atoms with van der Waals surface area (Å²) in [4.78, 5) is 0. The third-order valence-corrected chi connectivity index (χ3v) is 1.23. The summed E-state index contributed by atoms with van der Waals surface area (Å²) in [6, 6.07) is 1.97. The van der Waals surface area contributed by atoms with Crippen LogP contribution in [0.25, 0.3) is 0 Å². The fourth-order valence-electron chi connectivity index (χ4n) is 0.650. The lowest BCUT2D eigenvalue weighted by Gasteiger charge is -2.17. The van der Waals surface area contributed by atoms with Gasteiger partial charge in [-0.1, -0.05) is 6.58 Å². The fourth-order valence-corrected chi connectivity index (χ4v) is 0.650. The summed E-state index contributed by atoms with van der Waals surface area (Å²) < 4.78 is 0. The minimum atomic E-state index is 0.548. The smallest absolute Gasteiger partial charge is 0.0985 e. The first-order valence-corrected chi connectivity index (χ1v) is 2.82. The standard InChI is InChI=1S/C7H8N2/c1-6(3-8)2-7-4-9-5-7/h2,9H,1,4-5H2. The Labute approximate surface area is 54.5 Å². The van der Waals surface area contributed by atoms with E-state index in [4.69, 9.17) is 5.26 Å². The second kappa shape index (κ2) is 2.47. The number of hydrogen-bond donors (Lipinski definition) is 1. The SMILES string of the molecule is C=C(C#N)C=C1CNC1. The summed E-state index contributed by atoms with van der Waals surface area (Å²) in [5.41, 5.74) is 1.81. The Balaban J connectivity index is 2.49. The van der Waals surface area contributed by atoms with Crippen molar-refractivity contribution in [3.63, 3.8) is 0 Å². The van der Waals surface area contributed by atoms with Gasteiger partial charge in [-0.15, -0.1) is 0 Å². The predicted molar refractivity (Wildman–Crippen MR) is 35.7 cm³/mol. The molecule has 2 heteroatoms. The Morgan fingerprint density at radius 2 is 2.44 bits per heavy atom.